The van der Waals surface area contributed by atoms with Crippen molar-refractivity contribution in [3.05, 3.63) is 0 Å². The normalized spacial score (nSPS) is 33.1. The van der Waals surface area contributed by atoms with Crippen LogP contribution < -0.4 is 0 Å². The molecule has 58 valence electrons. The fraction of sp³-hybridized carbons (Fsp3) is 0.833. The smallest absolute Gasteiger partial charge is 0.337 e. The average molecular weight is 146 g/mol. The molecule has 0 radical (unpaired) electrons. The fourth-order valence-electron chi connectivity index (χ4n) is 0.788. The van der Waals surface area contributed by atoms with Crippen molar-refractivity contribution < 1.29 is 19.4 Å². The molecule has 1 heterocycles. The number of methoxy groups -OCH3 is 1. The third-order valence-corrected chi connectivity index (χ3v) is 1.51. The van der Waals surface area contributed by atoms with E-state index < -0.39 is 12.1 Å². The van der Waals surface area contributed by atoms with Gasteiger partial charge in [0.2, 0.25) is 0 Å². The van der Waals surface area contributed by atoms with E-state index in [4.69, 9.17) is 9.84 Å². The van der Waals surface area contributed by atoms with Gasteiger partial charge in [-0.05, 0) is 6.92 Å². The summed E-state index contributed by atoms with van der Waals surface area (Å²) >= 11 is 0. The third-order valence-electron chi connectivity index (χ3n) is 1.51. The van der Waals surface area contributed by atoms with Gasteiger partial charge in [-0.3, -0.25) is 0 Å². The predicted octanol–water partition coefficient (Wildman–Crippen LogP) is -0.692. The molecule has 1 N–H and O–H groups in total. The summed E-state index contributed by atoms with van der Waals surface area (Å²) in [7, 11) is 1.23. The van der Waals surface area contributed by atoms with Gasteiger partial charge in [-0.15, -0.1) is 0 Å². The Morgan fingerprint density at radius 1 is 1.80 bits per heavy atom. The summed E-state index contributed by atoms with van der Waals surface area (Å²) in [4.78, 5) is 10.6. The van der Waals surface area contributed by atoms with Crippen LogP contribution in [-0.2, 0) is 14.3 Å². The largest absolute Gasteiger partial charge is 0.467 e. The van der Waals surface area contributed by atoms with Gasteiger partial charge >= 0.3 is 5.97 Å². The van der Waals surface area contributed by atoms with Crippen LogP contribution in [0.3, 0.4) is 0 Å². The van der Waals surface area contributed by atoms with Crippen molar-refractivity contribution in [1.29, 1.82) is 0 Å². The van der Waals surface area contributed by atoms with Gasteiger partial charge in [0.1, 0.15) is 6.10 Å². The van der Waals surface area contributed by atoms with Crippen LogP contribution in [0.15, 0.2) is 0 Å². The minimum absolute atomic E-state index is 0.0194. The lowest BCUT2D eigenvalue weighted by atomic mass is 10.2. The monoisotopic (exact) mass is 146 g/mol. The molecular formula is C6H10O4. The maximum absolute atomic E-state index is 10.6. The summed E-state index contributed by atoms with van der Waals surface area (Å²) < 4.78 is 9.14. The highest BCUT2D eigenvalue weighted by atomic mass is 16.6. The molecule has 0 saturated carbocycles. The van der Waals surface area contributed by atoms with E-state index in [0.29, 0.717) is 0 Å². The van der Waals surface area contributed by atoms with Crippen LogP contribution in [0, 0.1) is 0 Å². The molecule has 0 unspecified atom stereocenters. The van der Waals surface area contributed by atoms with Gasteiger partial charge in [-0.25, -0.2) is 4.79 Å². The topological polar surface area (TPSA) is 59.1 Å². The molecule has 1 saturated heterocycles. The van der Waals surface area contributed by atoms with Crippen molar-refractivity contribution in [2.24, 2.45) is 0 Å². The highest BCUT2D eigenvalue weighted by Crippen LogP contribution is 2.24. The maximum Gasteiger partial charge on any atom is 0.337 e. The number of ether oxygens (including phenoxy) is 2. The van der Waals surface area contributed by atoms with Gasteiger partial charge < -0.3 is 14.6 Å². The van der Waals surface area contributed by atoms with Crippen molar-refractivity contribution in [1.82, 2.24) is 0 Å². The minimum Gasteiger partial charge on any atom is -0.467 e. The second kappa shape index (κ2) is 2.56. The van der Waals surface area contributed by atoms with E-state index in [1.807, 2.05) is 0 Å². The lowest BCUT2D eigenvalue weighted by molar-refractivity contribution is -0.151. The Bertz CT molecular complexity index is 145. The Hall–Kier alpha value is -0.610. The Morgan fingerprint density at radius 2 is 2.30 bits per heavy atom. The van der Waals surface area contributed by atoms with E-state index in [1.54, 1.807) is 6.92 Å². The number of carbonyl (C=O) groups is 1. The average Bonchev–Trinajstić information content (AvgIpc) is 2.63. The van der Waals surface area contributed by atoms with Crippen molar-refractivity contribution in [2.75, 3.05) is 7.11 Å². The number of carbonyl (C=O) groups excluding carboxylic acids is 1. The molecule has 0 aliphatic carbocycles. The van der Waals surface area contributed by atoms with Gasteiger partial charge in [0.15, 0.2) is 6.10 Å². The van der Waals surface area contributed by atoms with E-state index in [9.17, 15) is 4.79 Å². The Labute approximate surface area is 58.7 Å². The zero-order chi connectivity index (χ0) is 7.72. The number of aliphatic hydroxyl groups is 1. The van der Waals surface area contributed by atoms with Crippen molar-refractivity contribution >= 4 is 5.97 Å². The van der Waals surface area contributed by atoms with Crippen LogP contribution >= 0.6 is 0 Å². The maximum atomic E-state index is 10.6. The first-order valence-electron chi connectivity index (χ1n) is 3.08. The van der Waals surface area contributed by atoms with Gasteiger partial charge in [0.05, 0.1) is 13.2 Å². The second-order valence-corrected chi connectivity index (χ2v) is 2.27. The molecule has 0 amide bonds. The number of hydrogen-bond donors (Lipinski definition) is 1. The van der Waals surface area contributed by atoms with Gasteiger partial charge in [-0.1, -0.05) is 0 Å². The zero-order valence-electron chi connectivity index (χ0n) is 5.90. The summed E-state index contributed by atoms with van der Waals surface area (Å²) in [6.07, 6.45) is -1.48. The number of rotatable bonds is 2. The van der Waals surface area contributed by atoms with Crippen LogP contribution in [0.4, 0.5) is 0 Å². The highest BCUT2D eigenvalue weighted by Gasteiger charge is 2.44. The lowest BCUT2D eigenvalue weighted by Gasteiger charge is -2.02. The highest BCUT2D eigenvalue weighted by molar-refractivity contribution is 5.75. The molecule has 1 aliphatic rings. The first-order chi connectivity index (χ1) is 4.66. The summed E-state index contributed by atoms with van der Waals surface area (Å²) in [6, 6.07) is 0. The summed E-state index contributed by atoms with van der Waals surface area (Å²) in [6.45, 7) is 1.79. The molecule has 0 aromatic heterocycles. The Balaban J connectivity index is 2.34. The molecule has 4 heteroatoms. The molecule has 0 spiro atoms. The van der Waals surface area contributed by atoms with E-state index in [2.05, 4.69) is 4.74 Å². The molecule has 3 atom stereocenters. The van der Waals surface area contributed by atoms with E-state index in [0.717, 1.165) is 0 Å². The molecule has 1 aliphatic heterocycles. The molecule has 1 fully saturated rings. The quantitative estimate of drug-likeness (QED) is 0.413. The first-order valence-corrected chi connectivity index (χ1v) is 3.08. The third kappa shape index (κ3) is 1.27. The summed E-state index contributed by atoms with van der Waals surface area (Å²) in [5, 5.41) is 9.03. The Kier molecular flexibility index (Phi) is 1.92. The molecule has 0 bridgehead atoms. The summed E-state index contributed by atoms with van der Waals surface area (Å²) in [5.41, 5.74) is 0. The first kappa shape index (κ1) is 7.50. The molecule has 0 aromatic rings. The molecule has 0 aromatic carbocycles. The molecule has 10 heavy (non-hydrogen) atoms. The van der Waals surface area contributed by atoms with Crippen LogP contribution in [0.5, 0.6) is 0 Å². The number of aliphatic hydroxyl groups excluding tert-OH is 1. The van der Waals surface area contributed by atoms with Gasteiger partial charge in [0, 0.05) is 0 Å². The second-order valence-electron chi connectivity index (χ2n) is 2.27. The van der Waals surface area contributed by atoms with Gasteiger partial charge in [0.25, 0.3) is 0 Å². The van der Waals surface area contributed by atoms with E-state index in [1.165, 1.54) is 7.11 Å². The fourth-order valence-corrected chi connectivity index (χ4v) is 0.788. The number of epoxide rings is 1. The van der Waals surface area contributed by atoms with Crippen molar-refractivity contribution in [3.63, 3.8) is 0 Å². The SMILES string of the molecule is COC(=O)[C@@H](O)[C@H]1O[C@H]1C. The molecule has 1 rings (SSSR count). The van der Waals surface area contributed by atoms with Crippen molar-refractivity contribution in [2.45, 2.75) is 25.2 Å². The van der Waals surface area contributed by atoms with Crippen LogP contribution in [0.2, 0.25) is 0 Å². The lowest BCUT2D eigenvalue weighted by Crippen LogP contribution is -2.28. The van der Waals surface area contributed by atoms with Crippen LogP contribution in [0.25, 0.3) is 0 Å². The zero-order valence-corrected chi connectivity index (χ0v) is 5.90. The molecule has 4 nitrogen and oxygen atoms in total. The minimum atomic E-state index is -1.11. The standard InChI is InChI=1S/C6H10O4/c1-3-5(10-3)4(7)6(8)9-2/h3-5,7H,1-2H3/t3-,4-,5-/m0/s1. The van der Waals surface area contributed by atoms with E-state index >= 15 is 0 Å². The van der Waals surface area contributed by atoms with E-state index in [-0.39, 0.29) is 12.2 Å². The number of esters is 1. The van der Waals surface area contributed by atoms with Crippen LogP contribution in [-0.4, -0.2) is 36.5 Å². The predicted molar refractivity (Wildman–Crippen MR) is 32.4 cm³/mol. The van der Waals surface area contributed by atoms with Crippen LogP contribution in [0.1, 0.15) is 6.92 Å². The van der Waals surface area contributed by atoms with Crippen molar-refractivity contribution in [3.8, 4) is 0 Å². The Morgan fingerprint density at radius 3 is 2.60 bits per heavy atom. The number of hydrogen-bond acceptors (Lipinski definition) is 4. The molecular weight excluding hydrogens is 136 g/mol. The van der Waals surface area contributed by atoms with Gasteiger partial charge in [-0.2, -0.15) is 0 Å². The summed E-state index contributed by atoms with van der Waals surface area (Å²) in [5.74, 6) is -0.630.